The van der Waals surface area contributed by atoms with Crippen LogP contribution in [0.4, 0.5) is 29.2 Å². The second-order valence-electron chi connectivity index (χ2n) is 5.06. The predicted octanol–water partition coefficient (Wildman–Crippen LogP) is 4.19. The van der Waals surface area contributed by atoms with Crippen LogP contribution in [0.25, 0.3) is 0 Å². The minimum Gasteiger partial charge on any atom is -0.474 e. The van der Waals surface area contributed by atoms with E-state index in [1.807, 2.05) is 0 Å². The highest BCUT2D eigenvalue weighted by Gasteiger charge is 2.36. The van der Waals surface area contributed by atoms with Crippen LogP contribution in [0.1, 0.15) is 19.4 Å². The molecule has 0 saturated heterocycles. The van der Waals surface area contributed by atoms with Gasteiger partial charge in [-0.2, -0.15) is 18.2 Å². The fraction of sp³-hybridized carbons (Fsp3) is 0.333. The molecule has 0 saturated carbocycles. The van der Waals surface area contributed by atoms with Crippen LogP contribution in [0.15, 0.2) is 30.5 Å². The van der Waals surface area contributed by atoms with Gasteiger partial charge in [-0.15, -0.1) is 0 Å². The Labute approximate surface area is 130 Å². The molecule has 0 atom stereocenters. The Balaban J connectivity index is 2.46. The minimum absolute atomic E-state index is 0.0984. The van der Waals surface area contributed by atoms with Crippen molar-refractivity contribution >= 4 is 11.6 Å². The predicted molar refractivity (Wildman–Crippen MR) is 77.3 cm³/mol. The molecule has 8 heteroatoms. The third-order valence-corrected chi connectivity index (χ3v) is 2.91. The molecule has 23 heavy (non-hydrogen) atoms. The maximum absolute atomic E-state index is 13.8. The summed E-state index contributed by atoms with van der Waals surface area (Å²) in [6.45, 7) is 3.17. The lowest BCUT2D eigenvalue weighted by Crippen LogP contribution is -2.19. The van der Waals surface area contributed by atoms with Crippen molar-refractivity contribution in [1.82, 2.24) is 9.97 Å². The Morgan fingerprint density at radius 1 is 1.17 bits per heavy atom. The first-order valence-electron chi connectivity index (χ1n) is 6.79. The summed E-state index contributed by atoms with van der Waals surface area (Å²) in [5.41, 5.74) is -0.931. The summed E-state index contributed by atoms with van der Waals surface area (Å²) < 4.78 is 57.9. The van der Waals surface area contributed by atoms with E-state index in [1.54, 1.807) is 19.9 Å². The standard InChI is InChI=1S/C15H15F4N3O/c1-9(2)23-13-10(15(17,18)19)8-20-14(21-13)22(3)12-7-5-4-6-11(12)16/h4-9H,1-3H3. The number of hydrogen-bond donors (Lipinski definition) is 0. The molecule has 124 valence electrons. The zero-order chi connectivity index (χ0) is 17.2. The van der Waals surface area contributed by atoms with Crippen LogP contribution >= 0.6 is 0 Å². The highest BCUT2D eigenvalue weighted by molar-refractivity contribution is 5.57. The van der Waals surface area contributed by atoms with Crippen molar-refractivity contribution in [3.05, 3.63) is 41.8 Å². The number of aromatic nitrogens is 2. The number of halogens is 4. The van der Waals surface area contributed by atoms with Crippen molar-refractivity contribution in [2.75, 3.05) is 11.9 Å². The van der Waals surface area contributed by atoms with Gasteiger partial charge in [0.2, 0.25) is 11.8 Å². The summed E-state index contributed by atoms with van der Waals surface area (Å²) in [7, 11) is 1.46. The van der Waals surface area contributed by atoms with Crippen molar-refractivity contribution in [2.24, 2.45) is 0 Å². The summed E-state index contributed by atoms with van der Waals surface area (Å²) in [5, 5.41) is 0. The summed E-state index contributed by atoms with van der Waals surface area (Å²) in [5.74, 6) is -1.22. The van der Waals surface area contributed by atoms with Gasteiger partial charge in [-0.1, -0.05) is 12.1 Å². The topological polar surface area (TPSA) is 38.2 Å². The highest BCUT2D eigenvalue weighted by atomic mass is 19.4. The van der Waals surface area contributed by atoms with E-state index in [-0.39, 0.29) is 11.6 Å². The van der Waals surface area contributed by atoms with Gasteiger partial charge in [-0.25, -0.2) is 9.37 Å². The van der Waals surface area contributed by atoms with Crippen LogP contribution in [0.5, 0.6) is 5.88 Å². The molecule has 0 unspecified atom stereocenters. The number of alkyl halides is 3. The van der Waals surface area contributed by atoms with Gasteiger partial charge in [-0.3, -0.25) is 0 Å². The van der Waals surface area contributed by atoms with Crippen LogP contribution in [0.3, 0.4) is 0 Å². The summed E-state index contributed by atoms with van der Waals surface area (Å²) >= 11 is 0. The summed E-state index contributed by atoms with van der Waals surface area (Å²) in [6, 6.07) is 5.82. The van der Waals surface area contributed by atoms with E-state index in [0.717, 1.165) is 0 Å². The lowest BCUT2D eigenvalue weighted by atomic mass is 10.3. The molecule has 0 bridgehead atoms. The quantitative estimate of drug-likeness (QED) is 0.789. The maximum atomic E-state index is 13.8. The molecule has 1 heterocycles. The Morgan fingerprint density at radius 3 is 2.39 bits per heavy atom. The van der Waals surface area contributed by atoms with Gasteiger partial charge in [0.1, 0.15) is 11.4 Å². The van der Waals surface area contributed by atoms with Gasteiger partial charge in [0.25, 0.3) is 0 Å². The van der Waals surface area contributed by atoms with Crippen molar-refractivity contribution in [1.29, 1.82) is 0 Å². The number of benzene rings is 1. The fourth-order valence-electron chi connectivity index (χ4n) is 1.86. The molecule has 0 aliphatic carbocycles. The lowest BCUT2D eigenvalue weighted by Gasteiger charge is -2.20. The third kappa shape index (κ3) is 3.88. The average Bonchev–Trinajstić information content (AvgIpc) is 2.45. The van der Waals surface area contributed by atoms with E-state index < -0.39 is 29.5 Å². The van der Waals surface area contributed by atoms with Gasteiger partial charge in [0, 0.05) is 13.2 Å². The van der Waals surface area contributed by atoms with Crippen LogP contribution in [-0.2, 0) is 6.18 Å². The Kier molecular flexibility index (Phi) is 4.72. The molecule has 0 amide bonds. The van der Waals surface area contributed by atoms with E-state index in [2.05, 4.69) is 9.97 Å². The highest BCUT2D eigenvalue weighted by Crippen LogP contribution is 2.36. The van der Waals surface area contributed by atoms with Crippen molar-refractivity contribution in [3.63, 3.8) is 0 Å². The molecule has 2 aromatic rings. The number of ether oxygens (including phenoxy) is 1. The molecule has 4 nitrogen and oxygen atoms in total. The fourth-order valence-corrected chi connectivity index (χ4v) is 1.86. The van der Waals surface area contributed by atoms with E-state index in [4.69, 9.17) is 4.74 Å². The first-order chi connectivity index (χ1) is 10.7. The molecule has 0 aliphatic heterocycles. The van der Waals surface area contributed by atoms with Crippen molar-refractivity contribution in [2.45, 2.75) is 26.1 Å². The smallest absolute Gasteiger partial charge is 0.423 e. The van der Waals surface area contributed by atoms with Crippen molar-refractivity contribution in [3.8, 4) is 5.88 Å². The first kappa shape index (κ1) is 17.0. The largest absolute Gasteiger partial charge is 0.474 e. The van der Waals surface area contributed by atoms with Gasteiger partial charge >= 0.3 is 6.18 Å². The van der Waals surface area contributed by atoms with E-state index in [1.165, 1.54) is 30.1 Å². The SMILES string of the molecule is CC(C)Oc1nc(N(C)c2ccccc2F)ncc1C(F)(F)F. The van der Waals surface area contributed by atoms with Crippen molar-refractivity contribution < 1.29 is 22.3 Å². The zero-order valence-corrected chi connectivity index (χ0v) is 12.7. The van der Waals surface area contributed by atoms with E-state index in [9.17, 15) is 17.6 Å². The number of para-hydroxylation sites is 1. The Hall–Kier alpha value is -2.38. The Morgan fingerprint density at radius 2 is 1.83 bits per heavy atom. The normalized spacial score (nSPS) is 11.7. The van der Waals surface area contributed by atoms with Crippen LogP contribution in [-0.4, -0.2) is 23.1 Å². The molecule has 0 fully saturated rings. The van der Waals surface area contributed by atoms with Gasteiger partial charge in [0.15, 0.2) is 0 Å². The number of anilines is 2. The number of nitrogens with zero attached hydrogens (tertiary/aromatic N) is 3. The molecule has 1 aromatic heterocycles. The molecular weight excluding hydrogens is 314 g/mol. The minimum atomic E-state index is -4.64. The van der Waals surface area contributed by atoms with Crippen LogP contribution in [0.2, 0.25) is 0 Å². The zero-order valence-electron chi connectivity index (χ0n) is 12.7. The summed E-state index contributed by atoms with van der Waals surface area (Å²) in [4.78, 5) is 8.73. The Bertz CT molecular complexity index is 689. The van der Waals surface area contributed by atoms with Crippen LogP contribution < -0.4 is 9.64 Å². The molecular formula is C15H15F4N3O. The number of hydrogen-bond acceptors (Lipinski definition) is 4. The van der Waals surface area contributed by atoms with Gasteiger partial charge in [-0.05, 0) is 26.0 Å². The molecule has 0 N–H and O–H groups in total. The van der Waals surface area contributed by atoms with Crippen LogP contribution in [0, 0.1) is 5.82 Å². The second kappa shape index (κ2) is 6.39. The van der Waals surface area contributed by atoms with E-state index in [0.29, 0.717) is 6.20 Å². The second-order valence-corrected chi connectivity index (χ2v) is 5.06. The monoisotopic (exact) mass is 329 g/mol. The first-order valence-corrected chi connectivity index (χ1v) is 6.79. The molecule has 0 spiro atoms. The van der Waals surface area contributed by atoms with Gasteiger partial charge in [0.05, 0.1) is 11.8 Å². The summed E-state index contributed by atoms with van der Waals surface area (Å²) in [6.07, 6.45) is -4.51. The molecule has 1 aromatic carbocycles. The molecule has 0 aliphatic rings. The molecule has 0 radical (unpaired) electrons. The lowest BCUT2D eigenvalue weighted by molar-refractivity contribution is -0.139. The van der Waals surface area contributed by atoms with E-state index >= 15 is 0 Å². The average molecular weight is 329 g/mol. The molecule has 2 rings (SSSR count). The number of rotatable bonds is 4. The maximum Gasteiger partial charge on any atom is 0.423 e. The van der Waals surface area contributed by atoms with Gasteiger partial charge < -0.3 is 9.64 Å². The third-order valence-electron chi connectivity index (χ3n) is 2.91.